The molecule has 6 nitrogen and oxygen atoms in total. The van der Waals surface area contributed by atoms with Gasteiger partial charge in [0.1, 0.15) is 17.3 Å². The number of aromatic nitrogens is 1. The van der Waals surface area contributed by atoms with Crippen LogP contribution in [0.4, 0.5) is 10.1 Å². The summed E-state index contributed by atoms with van der Waals surface area (Å²) in [5, 5.41) is 2.29. The molecule has 0 amide bonds. The fraction of sp³-hybridized carbons (Fsp3) is 0.148. The average molecular weight is 493 g/mol. The largest absolute Gasteiger partial charge is 0.456 e. The standard InChI is InChI=1S/C27H25FN2O4S/c1-5-12-35(32,33)29-20-10-11-25(34-26-17(2)13-19(28)14-18(26)3)23(15-20)24-16-30(4)27(31)22-9-7-6-8-21(22)24/h5-16,29H,1-4H3/b12-5+. The van der Waals surface area contributed by atoms with Crippen LogP contribution in [0.2, 0.25) is 0 Å². The third kappa shape index (κ3) is 4.97. The molecule has 1 heterocycles. The Balaban J connectivity index is 1.97. The third-order valence-electron chi connectivity index (χ3n) is 5.57. The molecule has 1 N–H and O–H groups in total. The monoisotopic (exact) mass is 492 g/mol. The SMILES string of the molecule is C/C=C/S(=O)(=O)Nc1ccc(Oc2c(C)cc(F)cc2C)c(-c2cn(C)c(=O)c3ccccc23)c1. The van der Waals surface area contributed by atoms with Crippen molar-refractivity contribution in [2.75, 3.05) is 4.72 Å². The van der Waals surface area contributed by atoms with E-state index in [1.165, 1.54) is 22.8 Å². The maximum atomic E-state index is 13.9. The molecule has 0 aliphatic carbocycles. The highest BCUT2D eigenvalue weighted by molar-refractivity contribution is 7.95. The van der Waals surface area contributed by atoms with Gasteiger partial charge < -0.3 is 9.30 Å². The zero-order valence-corrected chi connectivity index (χ0v) is 20.6. The second kappa shape index (κ2) is 9.38. The first-order chi connectivity index (χ1) is 16.6. The molecule has 0 spiro atoms. The lowest BCUT2D eigenvalue weighted by Gasteiger charge is -2.18. The van der Waals surface area contributed by atoms with Crippen molar-refractivity contribution in [3.8, 4) is 22.6 Å². The summed E-state index contributed by atoms with van der Waals surface area (Å²) >= 11 is 0. The zero-order valence-electron chi connectivity index (χ0n) is 19.8. The highest BCUT2D eigenvalue weighted by Crippen LogP contribution is 2.40. The number of pyridine rings is 1. The lowest BCUT2D eigenvalue weighted by molar-refractivity contribution is 0.474. The Morgan fingerprint density at radius 1 is 0.971 bits per heavy atom. The van der Waals surface area contributed by atoms with Crippen LogP contribution in [0, 0.1) is 19.7 Å². The molecule has 0 atom stereocenters. The van der Waals surface area contributed by atoms with Crippen molar-refractivity contribution in [3.05, 3.63) is 99.6 Å². The van der Waals surface area contributed by atoms with Crippen LogP contribution in [0.3, 0.4) is 0 Å². The number of sulfonamides is 1. The van der Waals surface area contributed by atoms with Crippen molar-refractivity contribution in [3.63, 3.8) is 0 Å². The molecule has 0 aliphatic heterocycles. The first-order valence-corrected chi connectivity index (χ1v) is 12.5. The van der Waals surface area contributed by atoms with Crippen molar-refractivity contribution in [1.29, 1.82) is 0 Å². The molecule has 4 rings (SSSR count). The van der Waals surface area contributed by atoms with Gasteiger partial charge in [-0.15, -0.1) is 0 Å². The minimum absolute atomic E-state index is 0.151. The van der Waals surface area contributed by atoms with Crippen molar-refractivity contribution in [1.82, 2.24) is 4.57 Å². The number of halogens is 1. The van der Waals surface area contributed by atoms with Gasteiger partial charge in [-0.05, 0) is 73.7 Å². The number of fused-ring (bicyclic) bond motifs is 1. The van der Waals surface area contributed by atoms with Crippen molar-refractivity contribution < 1.29 is 17.5 Å². The predicted molar refractivity (Wildman–Crippen MR) is 138 cm³/mol. The van der Waals surface area contributed by atoms with Crippen molar-refractivity contribution >= 4 is 26.5 Å². The van der Waals surface area contributed by atoms with Gasteiger partial charge in [-0.1, -0.05) is 24.3 Å². The van der Waals surface area contributed by atoms with Crippen LogP contribution in [0.1, 0.15) is 18.1 Å². The summed E-state index contributed by atoms with van der Waals surface area (Å²) in [7, 11) is -2.04. The molecule has 3 aromatic carbocycles. The number of hydrogen-bond donors (Lipinski definition) is 1. The van der Waals surface area contributed by atoms with E-state index in [0.717, 1.165) is 5.41 Å². The number of ether oxygens (including phenoxy) is 1. The number of allylic oxidation sites excluding steroid dienone is 1. The lowest BCUT2D eigenvalue weighted by Crippen LogP contribution is -2.16. The first-order valence-electron chi connectivity index (χ1n) is 10.9. The van der Waals surface area contributed by atoms with Crippen LogP contribution in [0.15, 0.2) is 77.1 Å². The minimum Gasteiger partial charge on any atom is -0.456 e. The van der Waals surface area contributed by atoms with E-state index >= 15 is 0 Å². The summed E-state index contributed by atoms with van der Waals surface area (Å²) in [6.07, 6.45) is 3.13. The van der Waals surface area contributed by atoms with E-state index in [0.29, 0.717) is 50.2 Å². The second-order valence-electron chi connectivity index (χ2n) is 8.30. The summed E-state index contributed by atoms with van der Waals surface area (Å²) in [6, 6.07) is 14.9. The van der Waals surface area contributed by atoms with Gasteiger partial charge in [0, 0.05) is 40.9 Å². The molecule has 0 saturated heterocycles. The number of anilines is 1. The third-order valence-corrected chi connectivity index (χ3v) is 6.72. The van der Waals surface area contributed by atoms with Gasteiger partial charge in [0.15, 0.2) is 0 Å². The molecule has 0 bridgehead atoms. The number of hydrogen-bond acceptors (Lipinski definition) is 4. The quantitative estimate of drug-likeness (QED) is 0.357. The van der Waals surface area contributed by atoms with E-state index in [4.69, 9.17) is 4.74 Å². The summed E-state index contributed by atoms with van der Waals surface area (Å²) in [6.45, 7) is 5.13. The van der Waals surface area contributed by atoms with E-state index in [1.54, 1.807) is 64.3 Å². The van der Waals surface area contributed by atoms with E-state index < -0.39 is 10.0 Å². The summed E-state index contributed by atoms with van der Waals surface area (Å²) in [4.78, 5) is 12.7. The molecule has 180 valence electrons. The predicted octanol–water partition coefficient (Wildman–Crippen LogP) is 6.03. The van der Waals surface area contributed by atoms with Crippen LogP contribution in [0.25, 0.3) is 21.9 Å². The topological polar surface area (TPSA) is 77.4 Å². The molecule has 35 heavy (non-hydrogen) atoms. The molecule has 0 aliphatic rings. The fourth-order valence-electron chi connectivity index (χ4n) is 4.07. The normalized spacial score (nSPS) is 11.8. The lowest BCUT2D eigenvalue weighted by atomic mass is 9.99. The van der Waals surface area contributed by atoms with Crippen molar-refractivity contribution in [2.45, 2.75) is 20.8 Å². The molecular weight excluding hydrogens is 467 g/mol. The van der Waals surface area contributed by atoms with Crippen LogP contribution in [0.5, 0.6) is 11.5 Å². The van der Waals surface area contributed by atoms with Crippen LogP contribution in [-0.2, 0) is 17.1 Å². The van der Waals surface area contributed by atoms with E-state index in [-0.39, 0.29) is 11.4 Å². The first kappa shape index (κ1) is 24.2. The Morgan fingerprint density at radius 2 is 1.63 bits per heavy atom. The Hall–Kier alpha value is -3.91. The summed E-state index contributed by atoms with van der Waals surface area (Å²) in [5.74, 6) is 0.579. The molecule has 8 heteroatoms. The molecule has 0 saturated carbocycles. The number of benzene rings is 3. The number of nitrogens with zero attached hydrogens (tertiary/aromatic N) is 1. The van der Waals surface area contributed by atoms with E-state index in [9.17, 15) is 17.6 Å². The maximum absolute atomic E-state index is 13.9. The number of nitrogens with one attached hydrogen (secondary N) is 1. The van der Waals surface area contributed by atoms with Gasteiger partial charge in [-0.3, -0.25) is 9.52 Å². The Bertz CT molecular complexity index is 1620. The molecule has 0 radical (unpaired) electrons. The van der Waals surface area contributed by atoms with Crippen LogP contribution in [-0.4, -0.2) is 13.0 Å². The van der Waals surface area contributed by atoms with Gasteiger partial charge in [0.25, 0.3) is 15.6 Å². The van der Waals surface area contributed by atoms with Gasteiger partial charge in [0.2, 0.25) is 0 Å². The van der Waals surface area contributed by atoms with Crippen LogP contribution >= 0.6 is 0 Å². The molecule has 0 unspecified atom stereocenters. The molecule has 0 fully saturated rings. The minimum atomic E-state index is -3.70. The number of rotatable bonds is 6. The second-order valence-corrected chi connectivity index (χ2v) is 9.87. The smallest absolute Gasteiger partial charge is 0.258 e. The highest BCUT2D eigenvalue weighted by atomic mass is 32.2. The van der Waals surface area contributed by atoms with Gasteiger partial charge in [0.05, 0.1) is 0 Å². The molecular formula is C27H25FN2O4S. The summed E-state index contributed by atoms with van der Waals surface area (Å²) < 4.78 is 48.9. The Morgan fingerprint density at radius 3 is 2.29 bits per heavy atom. The Kier molecular flexibility index (Phi) is 6.49. The Labute approximate surface area is 203 Å². The highest BCUT2D eigenvalue weighted by Gasteiger charge is 2.18. The van der Waals surface area contributed by atoms with E-state index in [1.807, 2.05) is 12.1 Å². The van der Waals surface area contributed by atoms with Crippen LogP contribution < -0.4 is 15.0 Å². The molecule has 1 aromatic heterocycles. The number of aryl methyl sites for hydroxylation is 3. The average Bonchev–Trinajstić information content (AvgIpc) is 2.79. The van der Waals surface area contributed by atoms with Crippen molar-refractivity contribution in [2.24, 2.45) is 7.05 Å². The van der Waals surface area contributed by atoms with Gasteiger partial charge in [-0.2, -0.15) is 0 Å². The van der Waals surface area contributed by atoms with Gasteiger partial charge in [-0.25, -0.2) is 12.8 Å². The fourth-order valence-corrected chi connectivity index (χ4v) is 4.95. The molecule has 4 aromatic rings. The van der Waals surface area contributed by atoms with E-state index in [2.05, 4.69) is 4.72 Å². The maximum Gasteiger partial charge on any atom is 0.258 e. The summed E-state index contributed by atoms with van der Waals surface area (Å²) in [5.41, 5.74) is 2.67. The zero-order chi connectivity index (χ0) is 25.3. The van der Waals surface area contributed by atoms with Gasteiger partial charge >= 0.3 is 0 Å².